The number of rotatable bonds is 10. The van der Waals surface area contributed by atoms with Crippen molar-refractivity contribution >= 4 is 17.6 Å². The first-order valence-electron chi connectivity index (χ1n) is 9.62. The van der Waals surface area contributed by atoms with Gasteiger partial charge in [0.1, 0.15) is 6.04 Å². The summed E-state index contributed by atoms with van der Waals surface area (Å²) in [6.45, 7) is 8.75. The molecule has 1 saturated heterocycles. The standard InChI is InChI=1S/C21H30N2O4/c1-13(2)10-11-22-20(25)16(12-14(3)4)23-21(26)19-18(27-19)17(24)15-8-6-5-7-9-15/h5-9,13-14,16,18-19H,10-12H2,1-4H3,(H,22,25)(H,23,26)/t16-,18-,19+/m0/s1. The number of hydrogen-bond donors (Lipinski definition) is 2. The summed E-state index contributed by atoms with van der Waals surface area (Å²) in [5, 5.41) is 5.64. The molecule has 1 heterocycles. The molecular weight excluding hydrogens is 344 g/mol. The third-order valence-corrected chi connectivity index (χ3v) is 4.43. The van der Waals surface area contributed by atoms with Crippen LogP contribution in [0.2, 0.25) is 0 Å². The SMILES string of the molecule is CC(C)CCNC(=O)[C@H](CC(C)C)NC(=O)[C@@H]1O[C@H]1C(=O)c1ccccc1. The molecule has 2 rings (SSSR count). The summed E-state index contributed by atoms with van der Waals surface area (Å²) in [7, 11) is 0. The van der Waals surface area contributed by atoms with Crippen LogP contribution in [0.3, 0.4) is 0 Å². The van der Waals surface area contributed by atoms with Crippen LogP contribution in [0.15, 0.2) is 30.3 Å². The number of nitrogens with one attached hydrogen (secondary N) is 2. The first-order valence-corrected chi connectivity index (χ1v) is 9.62. The molecule has 0 unspecified atom stereocenters. The number of amides is 2. The van der Waals surface area contributed by atoms with Gasteiger partial charge in [-0.1, -0.05) is 58.0 Å². The molecular formula is C21H30N2O4. The number of carbonyl (C=O) groups is 3. The fourth-order valence-corrected chi connectivity index (χ4v) is 2.84. The quantitative estimate of drug-likeness (QED) is 0.486. The highest BCUT2D eigenvalue weighted by Crippen LogP contribution is 2.26. The fourth-order valence-electron chi connectivity index (χ4n) is 2.84. The maximum Gasteiger partial charge on any atom is 0.253 e. The van der Waals surface area contributed by atoms with E-state index in [2.05, 4.69) is 24.5 Å². The van der Waals surface area contributed by atoms with E-state index in [1.165, 1.54) is 0 Å². The van der Waals surface area contributed by atoms with Gasteiger partial charge in [-0.25, -0.2) is 0 Å². The fraction of sp³-hybridized carbons (Fsp3) is 0.571. The van der Waals surface area contributed by atoms with Crippen molar-refractivity contribution in [2.45, 2.75) is 58.8 Å². The van der Waals surface area contributed by atoms with Crippen molar-refractivity contribution in [1.82, 2.24) is 10.6 Å². The lowest BCUT2D eigenvalue weighted by Gasteiger charge is -2.20. The van der Waals surface area contributed by atoms with E-state index >= 15 is 0 Å². The lowest BCUT2D eigenvalue weighted by Crippen LogP contribution is -2.49. The van der Waals surface area contributed by atoms with Gasteiger partial charge in [0, 0.05) is 12.1 Å². The van der Waals surface area contributed by atoms with Crippen LogP contribution in [-0.2, 0) is 14.3 Å². The second kappa shape index (κ2) is 9.65. The molecule has 2 N–H and O–H groups in total. The van der Waals surface area contributed by atoms with Crippen molar-refractivity contribution in [3.63, 3.8) is 0 Å². The van der Waals surface area contributed by atoms with E-state index in [1.54, 1.807) is 24.3 Å². The molecule has 6 heteroatoms. The van der Waals surface area contributed by atoms with Crippen LogP contribution >= 0.6 is 0 Å². The second-order valence-corrected chi connectivity index (χ2v) is 7.87. The van der Waals surface area contributed by atoms with Gasteiger partial charge in [0.05, 0.1) is 0 Å². The summed E-state index contributed by atoms with van der Waals surface area (Å²) >= 11 is 0. The van der Waals surface area contributed by atoms with Gasteiger partial charge in [-0.15, -0.1) is 0 Å². The number of ether oxygens (including phenoxy) is 1. The molecule has 1 aromatic rings. The molecule has 0 spiro atoms. The zero-order valence-electron chi connectivity index (χ0n) is 16.5. The Morgan fingerprint density at radius 2 is 1.67 bits per heavy atom. The molecule has 0 radical (unpaired) electrons. The van der Waals surface area contributed by atoms with Crippen molar-refractivity contribution in [2.75, 3.05) is 6.54 Å². The molecule has 0 bridgehead atoms. The maximum absolute atomic E-state index is 12.5. The molecule has 0 saturated carbocycles. The number of carbonyl (C=O) groups excluding carboxylic acids is 3. The molecule has 148 valence electrons. The van der Waals surface area contributed by atoms with E-state index in [-0.39, 0.29) is 17.6 Å². The van der Waals surface area contributed by atoms with Crippen molar-refractivity contribution < 1.29 is 19.1 Å². The van der Waals surface area contributed by atoms with Crippen molar-refractivity contribution in [3.8, 4) is 0 Å². The van der Waals surface area contributed by atoms with Crippen molar-refractivity contribution in [2.24, 2.45) is 11.8 Å². The minimum absolute atomic E-state index is 0.190. The lowest BCUT2D eigenvalue weighted by atomic mass is 10.0. The Labute approximate surface area is 161 Å². The topological polar surface area (TPSA) is 87.8 Å². The number of hydrogen-bond acceptors (Lipinski definition) is 4. The molecule has 1 aromatic carbocycles. The molecule has 2 amide bonds. The molecule has 0 aromatic heterocycles. The Morgan fingerprint density at radius 3 is 2.26 bits per heavy atom. The Kier molecular flexibility index (Phi) is 7.54. The first kappa shape index (κ1) is 21.1. The Balaban J connectivity index is 1.90. The summed E-state index contributed by atoms with van der Waals surface area (Å²) in [5.41, 5.74) is 0.517. The highest BCUT2D eigenvalue weighted by Gasteiger charge is 2.50. The largest absolute Gasteiger partial charge is 0.354 e. The average molecular weight is 374 g/mol. The lowest BCUT2D eigenvalue weighted by molar-refractivity contribution is -0.130. The minimum atomic E-state index is -0.823. The monoisotopic (exact) mass is 374 g/mol. The normalized spacial score (nSPS) is 19.6. The average Bonchev–Trinajstić information content (AvgIpc) is 3.41. The van der Waals surface area contributed by atoms with E-state index in [0.717, 1.165) is 6.42 Å². The predicted octanol–water partition coefficient (Wildman–Crippen LogP) is 2.33. The van der Waals surface area contributed by atoms with E-state index < -0.39 is 24.2 Å². The van der Waals surface area contributed by atoms with Gasteiger partial charge >= 0.3 is 0 Å². The molecule has 1 fully saturated rings. The van der Waals surface area contributed by atoms with Crippen LogP contribution in [0.5, 0.6) is 0 Å². The van der Waals surface area contributed by atoms with Gasteiger partial charge in [0.2, 0.25) is 5.91 Å². The smallest absolute Gasteiger partial charge is 0.253 e. The summed E-state index contributed by atoms with van der Waals surface area (Å²) in [5.74, 6) is -0.0724. The highest BCUT2D eigenvalue weighted by molar-refractivity contribution is 6.06. The summed E-state index contributed by atoms with van der Waals surface area (Å²) in [6, 6.07) is 8.13. The summed E-state index contributed by atoms with van der Waals surface area (Å²) < 4.78 is 5.30. The number of Topliss-reactive ketones (excluding diaryl/α,β-unsaturated/α-hetero) is 1. The molecule has 0 aliphatic carbocycles. The first-order chi connectivity index (χ1) is 12.8. The minimum Gasteiger partial charge on any atom is -0.354 e. The molecule has 1 aliphatic rings. The van der Waals surface area contributed by atoms with E-state index in [1.807, 2.05) is 19.9 Å². The van der Waals surface area contributed by atoms with Gasteiger partial charge in [0.25, 0.3) is 5.91 Å². The van der Waals surface area contributed by atoms with Gasteiger partial charge < -0.3 is 15.4 Å². The highest BCUT2D eigenvalue weighted by atomic mass is 16.6. The van der Waals surface area contributed by atoms with Crippen LogP contribution in [0.25, 0.3) is 0 Å². The Hall–Kier alpha value is -2.21. The van der Waals surface area contributed by atoms with Gasteiger partial charge in [-0.2, -0.15) is 0 Å². The molecule has 27 heavy (non-hydrogen) atoms. The number of benzene rings is 1. The second-order valence-electron chi connectivity index (χ2n) is 7.87. The van der Waals surface area contributed by atoms with E-state index in [9.17, 15) is 14.4 Å². The van der Waals surface area contributed by atoms with Crippen LogP contribution in [0, 0.1) is 11.8 Å². The third kappa shape index (κ3) is 6.47. The summed E-state index contributed by atoms with van der Waals surface area (Å²) in [4.78, 5) is 37.2. The number of epoxide rings is 1. The van der Waals surface area contributed by atoms with Gasteiger partial charge in [-0.05, 0) is 24.7 Å². The molecule has 3 atom stereocenters. The Morgan fingerprint density at radius 1 is 1.00 bits per heavy atom. The van der Waals surface area contributed by atoms with E-state index in [0.29, 0.717) is 24.4 Å². The van der Waals surface area contributed by atoms with Crippen LogP contribution in [-0.4, -0.2) is 42.4 Å². The van der Waals surface area contributed by atoms with Crippen molar-refractivity contribution in [1.29, 1.82) is 0 Å². The number of ketones is 1. The van der Waals surface area contributed by atoms with E-state index in [4.69, 9.17) is 4.74 Å². The zero-order chi connectivity index (χ0) is 20.0. The summed E-state index contributed by atoms with van der Waals surface area (Å²) in [6.07, 6.45) is -0.177. The zero-order valence-corrected chi connectivity index (χ0v) is 16.5. The van der Waals surface area contributed by atoms with Crippen molar-refractivity contribution in [3.05, 3.63) is 35.9 Å². The van der Waals surface area contributed by atoms with Crippen LogP contribution < -0.4 is 10.6 Å². The molecule has 6 nitrogen and oxygen atoms in total. The predicted molar refractivity (Wildman–Crippen MR) is 103 cm³/mol. The maximum atomic E-state index is 12.5. The van der Waals surface area contributed by atoms with Gasteiger partial charge in [0.15, 0.2) is 18.0 Å². The third-order valence-electron chi connectivity index (χ3n) is 4.43. The Bertz CT molecular complexity index is 657. The van der Waals surface area contributed by atoms with Gasteiger partial charge in [-0.3, -0.25) is 14.4 Å². The molecule has 1 aliphatic heterocycles. The van der Waals surface area contributed by atoms with Crippen LogP contribution in [0.1, 0.15) is 50.9 Å². The van der Waals surface area contributed by atoms with Crippen LogP contribution in [0.4, 0.5) is 0 Å².